The zero-order valence-electron chi connectivity index (χ0n) is 9.64. The van der Waals surface area contributed by atoms with Gasteiger partial charge in [-0.05, 0) is 13.0 Å². The second-order valence-corrected chi connectivity index (χ2v) is 3.50. The third-order valence-electron chi connectivity index (χ3n) is 2.13. The lowest BCUT2D eigenvalue weighted by atomic mass is 10.2. The van der Waals surface area contributed by atoms with Gasteiger partial charge < -0.3 is 15.6 Å². The molecule has 6 nitrogen and oxygen atoms in total. The number of primary amides is 1. The van der Waals surface area contributed by atoms with E-state index in [4.69, 9.17) is 15.6 Å². The fourth-order valence-electron chi connectivity index (χ4n) is 1.26. The molecule has 0 radical (unpaired) electrons. The Morgan fingerprint density at radius 1 is 1.56 bits per heavy atom. The summed E-state index contributed by atoms with van der Waals surface area (Å²) in [6.45, 7) is 0.892. The summed E-state index contributed by atoms with van der Waals surface area (Å²) < 4.78 is 18.5. The van der Waals surface area contributed by atoms with Crippen LogP contribution in [0.1, 0.15) is 12.5 Å². The first kappa shape index (κ1) is 13.9. The zero-order chi connectivity index (χ0) is 13.7. The molecule has 1 aromatic rings. The molecule has 0 bridgehead atoms. The second-order valence-electron chi connectivity index (χ2n) is 3.50. The number of ether oxygens (including phenoxy) is 1. The maximum atomic E-state index is 13.5. The number of amides is 3. The van der Waals surface area contributed by atoms with Crippen molar-refractivity contribution in [2.75, 3.05) is 0 Å². The van der Waals surface area contributed by atoms with Crippen LogP contribution < -0.4 is 15.8 Å². The number of benzene rings is 1. The van der Waals surface area contributed by atoms with Crippen molar-refractivity contribution in [2.24, 2.45) is 5.73 Å². The van der Waals surface area contributed by atoms with Gasteiger partial charge >= 0.3 is 6.03 Å². The van der Waals surface area contributed by atoms with Gasteiger partial charge in [-0.1, -0.05) is 12.1 Å². The van der Waals surface area contributed by atoms with E-state index in [1.807, 2.05) is 5.32 Å². The number of imide groups is 1. The first-order chi connectivity index (χ1) is 8.45. The van der Waals surface area contributed by atoms with Crippen LogP contribution in [0.4, 0.5) is 9.18 Å². The number of nitrogens with two attached hydrogens (primary N) is 1. The van der Waals surface area contributed by atoms with Gasteiger partial charge in [0.1, 0.15) is 0 Å². The highest BCUT2D eigenvalue weighted by atomic mass is 19.1. The molecule has 0 saturated heterocycles. The molecule has 0 heterocycles. The van der Waals surface area contributed by atoms with Crippen molar-refractivity contribution >= 4 is 11.9 Å². The fourth-order valence-corrected chi connectivity index (χ4v) is 1.26. The van der Waals surface area contributed by atoms with Crippen LogP contribution in [0.15, 0.2) is 18.2 Å². The molecular weight excluding hydrogens is 243 g/mol. The Morgan fingerprint density at radius 2 is 2.22 bits per heavy atom. The maximum Gasteiger partial charge on any atom is 0.318 e. The molecule has 1 atom stereocenters. The van der Waals surface area contributed by atoms with Gasteiger partial charge in [0.05, 0.1) is 6.61 Å². The average Bonchev–Trinajstić information content (AvgIpc) is 2.30. The van der Waals surface area contributed by atoms with Crippen molar-refractivity contribution in [1.82, 2.24) is 5.32 Å². The normalized spacial score (nSPS) is 11.7. The molecule has 0 spiro atoms. The molecule has 18 heavy (non-hydrogen) atoms. The molecule has 0 fully saturated rings. The molecule has 1 unspecified atom stereocenters. The monoisotopic (exact) mass is 256 g/mol. The quantitative estimate of drug-likeness (QED) is 0.720. The number of hydrogen-bond donors (Lipinski definition) is 3. The van der Waals surface area contributed by atoms with Gasteiger partial charge in [0, 0.05) is 5.56 Å². The molecule has 4 N–H and O–H groups in total. The number of hydrogen-bond acceptors (Lipinski definition) is 4. The number of para-hydroxylation sites is 1. The SMILES string of the molecule is CC(Oc1c(F)cccc1CO)C(=O)NC(N)=O. The number of nitrogens with one attached hydrogen (secondary N) is 1. The van der Waals surface area contributed by atoms with E-state index < -0.39 is 30.5 Å². The van der Waals surface area contributed by atoms with Crippen molar-refractivity contribution in [2.45, 2.75) is 19.6 Å². The van der Waals surface area contributed by atoms with Gasteiger partial charge in [0.25, 0.3) is 5.91 Å². The van der Waals surface area contributed by atoms with Crippen molar-refractivity contribution in [3.63, 3.8) is 0 Å². The molecule has 98 valence electrons. The third-order valence-corrected chi connectivity index (χ3v) is 2.13. The predicted octanol–water partition coefficient (Wildman–Crippen LogP) is 0.280. The Hall–Kier alpha value is -2.15. The van der Waals surface area contributed by atoms with E-state index in [0.717, 1.165) is 6.07 Å². The summed E-state index contributed by atoms with van der Waals surface area (Å²) in [7, 11) is 0. The van der Waals surface area contributed by atoms with Crippen molar-refractivity contribution in [3.8, 4) is 5.75 Å². The molecule has 0 saturated carbocycles. The van der Waals surface area contributed by atoms with Gasteiger partial charge in [0.2, 0.25) is 0 Å². The molecule has 0 aromatic heterocycles. The van der Waals surface area contributed by atoms with Gasteiger partial charge in [-0.3, -0.25) is 10.1 Å². The Bertz CT molecular complexity index is 464. The first-order valence-corrected chi connectivity index (χ1v) is 5.11. The van der Waals surface area contributed by atoms with Gasteiger partial charge in [-0.2, -0.15) is 0 Å². The average molecular weight is 256 g/mol. The van der Waals surface area contributed by atoms with Crippen LogP contribution in [0, 0.1) is 5.82 Å². The predicted molar refractivity (Wildman–Crippen MR) is 60.1 cm³/mol. The Labute approximate surface area is 103 Å². The summed E-state index contributed by atoms with van der Waals surface area (Å²) in [5, 5.41) is 10.8. The number of carbonyl (C=O) groups excluding carboxylic acids is 2. The molecular formula is C11H13FN2O4. The summed E-state index contributed by atoms with van der Waals surface area (Å²) in [5.41, 5.74) is 4.97. The van der Waals surface area contributed by atoms with Crippen LogP contribution in [0.5, 0.6) is 5.75 Å². The van der Waals surface area contributed by atoms with E-state index in [1.54, 1.807) is 0 Å². The molecule has 0 aliphatic carbocycles. The molecule has 0 aliphatic heterocycles. The highest BCUT2D eigenvalue weighted by Crippen LogP contribution is 2.23. The fraction of sp³-hybridized carbons (Fsp3) is 0.273. The lowest BCUT2D eigenvalue weighted by molar-refractivity contribution is -0.126. The highest BCUT2D eigenvalue weighted by molar-refractivity contribution is 5.95. The van der Waals surface area contributed by atoms with Gasteiger partial charge in [-0.25, -0.2) is 9.18 Å². The number of rotatable bonds is 4. The summed E-state index contributed by atoms with van der Waals surface area (Å²) in [6, 6.07) is 2.97. The van der Waals surface area contributed by atoms with E-state index in [2.05, 4.69) is 0 Å². The van der Waals surface area contributed by atoms with Crippen LogP contribution in [-0.4, -0.2) is 23.1 Å². The number of aliphatic hydroxyl groups is 1. The van der Waals surface area contributed by atoms with Gasteiger partial charge in [-0.15, -0.1) is 0 Å². The van der Waals surface area contributed by atoms with Crippen molar-refractivity contribution in [3.05, 3.63) is 29.6 Å². The van der Waals surface area contributed by atoms with Crippen molar-refractivity contribution in [1.29, 1.82) is 0 Å². The summed E-state index contributed by atoms with van der Waals surface area (Å²) in [5.74, 6) is -1.73. The topological polar surface area (TPSA) is 102 Å². The number of aliphatic hydroxyl groups excluding tert-OH is 1. The van der Waals surface area contributed by atoms with Crippen molar-refractivity contribution < 1.29 is 23.8 Å². The van der Waals surface area contributed by atoms with E-state index in [1.165, 1.54) is 19.1 Å². The molecule has 3 amide bonds. The van der Waals surface area contributed by atoms with Crippen LogP contribution in [0.25, 0.3) is 0 Å². The summed E-state index contributed by atoms with van der Waals surface area (Å²) in [6.07, 6.45) is -1.13. The lowest BCUT2D eigenvalue weighted by Crippen LogP contribution is -2.42. The number of urea groups is 1. The highest BCUT2D eigenvalue weighted by Gasteiger charge is 2.19. The van der Waals surface area contributed by atoms with E-state index in [9.17, 15) is 14.0 Å². The van der Waals surface area contributed by atoms with Gasteiger partial charge in [0.15, 0.2) is 17.7 Å². The van der Waals surface area contributed by atoms with Crippen LogP contribution in [0.3, 0.4) is 0 Å². The summed E-state index contributed by atoms with van der Waals surface area (Å²) >= 11 is 0. The standard InChI is InChI=1S/C11H13FN2O4/c1-6(10(16)14-11(13)17)18-9-7(5-15)3-2-4-8(9)12/h2-4,6,15H,5H2,1H3,(H3,13,14,16,17). The minimum absolute atomic E-state index is 0.203. The minimum atomic E-state index is -1.13. The zero-order valence-corrected chi connectivity index (χ0v) is 9.64. The van der Waals surface area contributed by atoms with E-state index in [0.29, 0.717) is 0 Å². The smallest absolute Gasteiger partial charge is 0.318 e. The van der Waals surface area contributed by atoms with E-state index >= 15 is 0 Å². The van der Waals surface area contributed by atoms with E-state index in [-0.39, 0.29) is 11.3 Å². The maximum absolute atomic E-state index is 13.5. The molecule has 1 rings (SSSR count). The molecule has 7 heteroatoms. The third kappa shape index (κ3) is 3.42. The van der Waals surface area contributed by atoms with Crippen LogP contribution in [0.2, 0.25) is 0 Å². The second kappa shape index (κ2) is 5.97. The summed E-state index contributed by atoms with van der Waals surface area (Å²) in [4.78, 5) is 21.8. The van der Waals surface area contributed by atoms with Crippen LogP contribution in [-0.2, 0) is 11.4 Å². The molecule has 1 aromatic carbocycles. The number of carbonyl (C=O) groups is 2. The lowest BCUT2D eigenvalue weighted by Gasteiger charge is -2.16. The van der Waals surface area contributed by atoms with Crippen LogP contribution >= 0.6 is 0 Å². The Morgan fingerprint density at radius 3 is 2.78 bits per heavy atom. The number of halogens is 1. The Kier molecular flexibility index (Phi) is 4.61. The largest absolute Gasteiger partial charge is 0.477 e. The first-order valence-electron chi connectivity index (χ1n) is 5.11. The molecule has 0 aliphatic rings. The Balaban J connectivity index is 2.84. The minimum Gasteiger partial charge on any atom is -0.477 e.